The molecule has 4 aromatic heterocycles. The molecule has 0 saturated carbocycles. The number of amides is 2. The molecular formula is C17H16N8O3S. The van der Waals surface area contributed by atoms with E-state index in [2.05, 4.69) is 25.5 Å². The van der Waals surface area contributed by atoms with Gasteiger partial charge in [-0.1, -0.05) is 0 Å². The predicted molar refractivity (Wildman–Crippen MR) is 104 cm³/mol. The molecule has 0 aliphatic heterocycles. The van der Waals surface area contributed by atoms with Gasteiger partial charge < -0.3 is 25.4 Å². The minimum Gasteiger partial charge on any atom is -0.441 e. The van der Waals surface area contributed by atoms with E-state index in [0.29, 0.717) is 29.0 Å². The van der Waals surface area contributed by atoms with Crippen LogP contribution in [-0.4, -0.2) is 42.8 Å². The van der Waals surface area contributed by atoms with Gasteiger partial charge in [0.1, 0.15) is 17.0 Å². The van der Waals surface area contributed by atoms with E-state index in [1.807, 2.05) is 6.07 Å². The lowest BCUT2D eigenvalue weighted by atomic mass is 10.2. The molecule has 11 nitrogen and oxygen atoms in total. The first kappa shape index (κ1) is 18.6. The van der Waals surface area contributed by atoms with E-state index in [0.717, 1.165) is 21.6 Å². The lowest BCUT2D eigenvalue weighted by Gasteiger charge is -2.06. The number of nitrogens with one attached hydrogen (secondary N) is 3. The standard InChI is InChI=1S/C17H16N8O3S/c1-25-12(16(27)20-6-9-7-28-17(22-9)14(19)26)10(5-18)13-15(25)23-11(29-13)4-8-2-3-21-24-8/h2-3,5,7,18H,4,6H2,1H3,(H2,19,26)(H,20,27)(H,21,24). The normalized spacial score (nSPS) is 11.1. The summed E-state index contributed by atoms with van der Waals surface area (Å²) >= 11 is 1.43. The van der Waals surface area contributed by atoms with Crippen molar-refractivity contribution in [3.8, 4) is 0 Å². The number of carbonyl (C=O) groups excluding carboxylic acids is 2. The smallest absolute Gasteiger partial charge is 0.304 e. The summed E-state index contributed by atoms with van der Waals surface area (Å²) in [5.41, 5.74) is 7.83. The number of fused-ring (bicyclic) bond motifs is 1. The topological polar surface area (TPSA) is 169 Å². The molecule has 0 saturated heterocycles. The van der Waals surface area contributed by atoms with Crippen LogP contribution in [0.3, 0.4) is 0 Å². The van der Waals surface area contributed by atoms with E-state index < -0.39 is 11.8 Å². The van der Waals surface area contributed by atoms with E-state index in [9.17, 15) is 9.59 Å². The summed E-state index contributed by atoms with van der Waals surface area (Å²) in [5, 5.41) is 18.2. The van der Waals surface area contributed by atoms with E-state index >= 15 is 0 Å². The van der Waals surface area contributed by atoms with Crippen LogP contribution in [0.15, 0.2) is 22.9 Å². The van der Waals surface area contributed by atoms with Crippen LogP contribution in [0.1, 0.15) is 43.1 Å². The van der Waals surface area contributed by atoms with Crippen LogP contribution in [-0.2, 0) is 20.0 Å². The fourth-order valence-corrected chi connectivity index (χ4v) is 4.07. The molecule has 5 N–H and O–H groups in total. The van der Waals surface area contributed by atoms with Crippen molar-refractivity contribution < 1.29 is 14.0 Å². The summed E-state index contributed by atoms with van der Waals surface area (Å²) in [7, 11) is 1.73. The highest BCUT2D eigenvalue weighted by Gasteiger charge is 2.23. The van der Waals surface area contributed by atoms with Gasteiger partial charge in [-0.15, -0.1) is 11.3 Å². The molecule has 12 heteroatoms. The summed E-state index contributed by atoms with van der Waals surface area (Å²) < 4.78 is 7.36. The highest BCUT2D eigenvalue weighted by Crippen LogP contribution is 2.30. The van der Waals surface area contributed by atoms with Crippen molar-refractivity contribution in [2.24, 2.45) is 12.8 Å². The van der Waals surface area contributed by atoms with Gasteiger partial charge in [-0.3, -0.25) is 14.7 Å². The van der Waals surface area contributed by atoms with Crippen LogP contribution in [0.25, 0.3) is 10.3 Å². The van der Waals surface area contributed by atoms with Crippen molar-refractivity contribution in [2.75, 3.05) is 0 Å². The predicted octanol–water partition coefficient (Wildman–Crippen LogP) is 0.963. The molecule has 0 radical (unpaired) electrons. The van der Waals surface area contributed by atoms with Crippen molar-refractivity contribution in [3.05, 3.63) is 52.1 Å². The molecule has 0 aliphatic rings. The van der Waals surface area contributed by atoms with Crippen molar-refractivity contribution in [2.45, 2.75) is 13.0 Å². The average molecular weight is 412 g/mol. The minimum atomic E-state index is -0.784. The number of oxazole rings is 1. The Balaban J connectivity index is 1.58. The van der Waals surface area contributed by atoms with Gasteiger partial charge in [-0.25, -0.2) is 9.97 Å². The number of rotatable bonds is 7. The molecule has 148 valence electrons. The number of thiazole rings is 1. The zero-order valence-corrected chi connectivity index (χ0v) is 16.0. The third-order valence-electron chi connectivity index (χ3n) is 4.26. The first-order valence-corrected chi connectivity index (χ1v) is 9.28. The van der Waals surface area contributed by atoms with Crippen LogP contribution >= 0.6 is 11.3 Å². The minimum absolute atomic E-state index is 0.0460. The Bertz CT molecular complexity index is 1220. The third-order valence-corrected chi connectivity index (χ3v) is 5.34. The second kappa shape index (κ2) is 7.31. The second-order valence-electron chi connectivity index (χ2n) is 6.18. The molecule has 0 unspecified atom stereocenters. The van der Waals surface area contributed by atoms with Crippen LogP contribution in [0.4, 0.5) is 0 Å². The molecule has 4 rings (SSSR count). The lowest BCUT2D eigenvalue weighted by molar-refractivity contribution is 0.0941. The molecule has 0 aliphatic carbocycles. The van der Waals surface area contributed by atoms with Gasteiger partial charge in [0, 0.05) is 37.1 Å². The summed E-state index contributed by atoms with van der Waals surface area (Å²) in [6.07, 6.45) is 4.67. The van der Waals surface area contributed by atoms with Gasteiger partial charge in [0.2, 0.25) is 0 Å². The summed E-state index contributed by atoms with van der Waals surface area (Å²) in [4.78, 5) is 32.3. The first-order chi connectivity index (χ1) is 14.0. The molecule has 2 amide bonds. The van der Waals surface area contributed by atoms with Crippen molar-refractivity contribution >= 4 is 39.7 Å². The zero-order valence-electron chi connectivity index (χ0n) is 15.2. The van der Waals surface area contributed by atoms with E-state index in [1.54, 1.807) is 17.8 Å². The number of nitrogens with zero attached hydrogens (tertiary/aromatic N) is 4. The maximum Gasteiger partial charge on any atom is 0.304 e. The maximum atomic E-state index is 12.7. The van der Waals surface area contributed by atoms with Crippen LogP contribution in [0.5, 0.6) is 0 Å². The fourth-order valence-electron chi connectivity index (χ4n) is 2.94. The quantitative estimate of drug-likeness (QED) is 0.330. The number of H-pyrrole nitrogens is 1. The zero-order chi connectivity index (χ0) is 20.5. The van der Waals surface area contributed by atoms with Gasteiger partial charge in [-0.2, -0.15) is 5.10 Å². The Hall–Kier alpha value is -3.80. The van der Waals surface area contributed by atoms with Gasteiger partial charge >= 0.3 is 5.91 Å². The Labute approximate surface area is 167 Å². The van der Waals surface area contributed by atoms with E-state index in [4.69, 9.17) is 15.6 Å². The molecule has 0 fully saturated rings. The Morgan fingerprint density at radius 3 is 2.93 bits per heavy atom. The van der Waals surface area contributed by atoms with Gasteiger partial charge in [-0.05, 0) is 6.07 Å². The maximum absolute atomic E-state index is 12.7. The highest BCUT2D eigenvalue weighted by atomic mass is 32.1. The Morgan fingerprint density at radius 1 is 1.45 bits per heavy atom. The van der Waals surface area contributed by atoms with Gasteiger partial charge in [0.05, 0.1) is 16.9 Å². The van der Waals surface area contributed by atoms with Crippen LogP contribution in [0.2, 0.25) is 0 Å². The fraction of sp³-hybridized carbons (Fsp3) is 0.176. The Kier molecular flexibility index (Phi) is 4.68. The van der Waals surface area contributed by atoms with Crippen molar-refractivity contribution in [3.63, 3.8) is 0 Å². The van der Waals surface area contributed by atoms with Gasteiger partial charge in [0.15, 0.2) is 5.65 Å². The molecule has 4 heterocycles. The number of aromatic amines is 1. The van der Waals surface area contributed by atoms with Crippen LogP contribution < -0.4 is 11.1 Å². The lowest BCUT2D eigenvalue weighted by Crippen LogP contribution is -2.26. The number of carbonyl (C=O) groups is 2. The number of aryl methyl sites for hydroxylation is 1. The second-order valence-corrected chi connectivity index (χ2v) is 7.26. The highest BCUT2D eigenvalue weighted by molar-refractivity contribution is 7.19. The molecule has 0 bridgehead atoms. The number of hydrogen-bond acceptors (Lipinski definition) is 8. The SMILES string of the molecule is Cn1c(C(=O)NCc2coc(C(N)=O)n2)c(C=N)c2sc(Cc3ccn[nH]3)nc21. The average Bonchev–Trinajstić information content (AvgIpc) is 3.46. The molecule has 4 aromatic rings. The van der Waals surface area contributed by atoms with Crippen molar-refractivity contribution in [1.82, 2.24) is 30.0 Å². The number of nitrogens with two attached hydrogens (primary N) is 1. The third kappa shape index (κ3) is 3.40. The van der Waals surface area contributed by atoms with Crippen molar-refractivity contribution in [1.29, 1.82) is 5.41 Å². The molecule has 0 aromatic carbocycles. The number of primary amides is 1. The molecule has 29 heavy (non-hydrogen) atoms. The van der Waals surface area contributed by atoms with Gasteiger partial charge in [0.25, 0.3) is 11.8 Å². The molecular weight excluding hydrogens is 396 g/mol. The van der Waals surface area contributed by atoms with E-state index in [1.165, 1.54) is 17.6 Å². The summed E-state index contributed by atoms with van der Waals surface area (Å²) in [5.74, 6) is -1.40. The summed E-state index contributed by atoms with van der Waals surface area (Å²) in [6.45, 7) is 0.0460. The number of hydrogen-bond donors (Lipinski definition) is 4. The molecule has 0 spiro atoms. The van der Waals surface area contributed by atoms with Crippen LogP contribution in [0, 0.1) is 5.41 Å². The van der Waals surface area contributed by atoms with E-state index in [-0.39, 0.29) is 12.4 Å². The molecule has 0 atom stereocenters. The largest absolute Gasteiger partial charge is 0.441 e. The number of aromatic nitrogens is 5. The first-order valence-electron chi connectivity index (χ1n) is 8.47. The summed E-state index contributed by atoms with van der Waals surface area (Å²) in [6, 6.07) is 1.87. The Morgan fingerprint density at radius 2 is 2.28 bits per heavy atom. The monoisotopic (exact) mass is 412 g/mol.